The summed E-state index contributed by atoms with van der Waals surface area (Å²) in [6, 6.07) is 0. The van der Waals surface area contributed by atoms with E-state index in [1.165, 1.54) is 6.08 Å². The second-order valence-electron chi connectivity index (χ2n) is 2.69. The van der Waals surface area contributed by atoms with Crippen LogP contribution >= 0.6 is 0 Å². The first-order chi connectivity index (χ1) is 6.72. The van der Waals surface area contributed by atoms with E-state index in [1.54, 1.807) is 26.2 Å². The van der Waals surface area contributed by atoms with Gasteiger partial charge in [-0.3, -0.25) is 5.10 Å². The van der Waals surface area contributed by atoms with E-state index in [9.17, 15) is 4.79 Å². The van der Waals surface area contributed by atoms with E-state index in [0.29, 0.717) is 12.3 Å². The lowest BCUT2D eigenvalue weighted by atomic mass is 10.4. The van der Waals surface area contributed by atoms with Gasteiger partial charge in [0.05, 0.1) is 18.5 Å². The lowest BCUT2D eigenvalue weighted by Gasteiger charge is -2.02. The third-order valence-corrected chi connectivity index (χ3v) is 1.46. The number of anilines is 1. The third kappa shape index (κ3) is 3.30. The van der Waals surface area contributed by atoms with Crippen molar-refractivity contribution in [1.82, 2.24) is 10.2 Å². The predicted octanol–water partition coefficient (Wildman–Crippen LogP) is 1.29. The molecule has 2 N–H and O–H groups in total. The number of rotatable bonds is 4. The van der Waals surface area contributed by atoms with Crippen LogP contribution in [-0.4, -0.2) is 22.8 Å². The molecule has 0 unspecified atom stereocenters. The molecule has 0 fully saturated rings. The van der Waals surface area contributed by atoms with Gasteiger partial charge in [-0.25, -0.2) is 4.79 Å². The van der Waals surface area contributed by atoms with Crippen molar-refractivity contribution in [2.75, 3.05) is 11.9 Å². The minimum atomic E-state index is -0.346. The van der Waals surface area contributed by atoms with Crippen molar-refractivity contribution < 1.29 is 9.53 Å². The van der Waals surface area contributed by atoms with Crippen LogP contribution in [0.25, 0.3) is 0 Å². The fourth-order valence-corrected chi connectivity index (χ4v) is 0.944. The Balaban J connectivity index is 2.49. The largest absolute Gasteiger partial charge is 0.463 e. The van der Waals surface area contributed by atoms with E-state index in [1.807, 2.05) is 0 Å². The molecule has 1 aromatic rings. The van der Waals surface area contributed by atoms with Gasteiger partial charge in [-0.15, -0.1) is 0 Å². The van der Waals surface area contributed by atoms with Crippen molar-refractivity contribution in [2.45, 2.75) is 13.8 Å². The van der Waals surface area contributed by atoms with Crippen LogP contribution in [0, 0.1) is 0 Å². The summed E-state index contributed by atoms with van der Waals surface area (Å²) in [5, 5.41) is 9.40. The molecule has 0 saturated heterocycles. The normalized spacial score (nSPS) is 11.1. The molecule has 5 heteroatoms. The quantitative estimate of drug-likeness (QED) is 0.561. The van der Waals surface area contributed by atoms with Gasteiger partial charge in [0.15, 0.2) is 0 Å². The number of esters is 1. The maximum absolute atomic E-state index is 11.0. The van der Waals surface area contributed by atoms with Crippen LogP contribution in [0.2, 0.25) is 0 Å². The van der Waals surface area contributed by atoms with E-state index in [2.05, 4.69) is 15.5 Å². The van der Waals surface area contributed by atoms with Crippen LogP contribution in [0.4, 0.5) is 5.69 Å². The molecular formula is C9H13N3O2. The molecule has 1 aromatic heterocycles. The van der Waals surface area contributed by atoms with Gasteiger partial charge in [0.1, 0.15) is 0 Å². The molecule has 76 valence electrons. The highest BCUT2D eigenvalue weighted by molar-refractivity contribution is 5.83. The first-order valence-electron chi connectivity index (χ1n) is 4.33. The maximum Gasteiger partial charge on any atom is 0.332 e. The van der Waals surface area contributed by atoms with Crippen molar-refractivity contribution in [1.29, 1.82) is 0 Å². The molecule has 0 amide bonds. The van der Waals surface area contributed by atoms with E-state index in [0.717, 1.165) is 5.69 Å². The maximum atomic E-state index is 11.0. The van der Waals surface area contributed by atoms with Crippen molar-refractivity contribution >= 4 is 11.7 Å². The van der Waals surface area contributed by atoms with Crippen LogP contribution in [0.5, 0.6) is 0 Å². The highest BCUT2D eigenvalue weighted by Crippen LogP contribution is 2.05. The molecule has 0 aromatic carbocycles. The average molecular weight is 195 g/mol. The predicted molar refractivity (Wildman–Crippen MR) is 52.6 cm³/mol. The number of hydrogen-bond acceptors (Lipinski definition) is 4. The van der Waals surface area contributed by atoms with Crippen LogP contribution in [-0.2, 0) is 9.53 Å². The summed E-state index contributed by atoms with van der Waals surface area (Å²) in [7, 11) is 0. The highest BCUT2D eigenvalue weighted by Gasteiger charge is 1.98. The summed E-state index contributed by atoms with van der Waals surface area (Å²) < 4.78 is 4.75. The van der Waals surface area contributed by atoms with Crippen molar-refractivity contribution in [2.24, 2.45) is 0 Å². The number of nitrogens with zero attached hydrogens (tertiary/aromatic N) is 1. The molecule has 5 nitrogen and oxygen atoms in total. The smallest absolute Gasteiger partial charge is 0.332 e. The first-order valence-corrected chi connectivity index (χ1v) is 4.33. The van der Waals surface area contributed by atoms with Gasteiger partial charge in [-0.05, 0) is 13.8 Å². The Morgan fingerprint density at radius 1 is 1.79 bits per heavy atom. The Morgan fingerprint density at radius 3 is 3.14 bits per heavy atom. The summed E-state index contributed by atoms with van der Waals surface area (Å²) in [5.74, 6) is -0.346. The van der Waals surface area contributed by atoms with Gasteiger partial charge in [0.25, 0.3) is 0 Å². The van der Waals surface area contributed by atoms with Crippen molar-refractivity contribution in [3.05, 3.63) is 24.2 Å². The minimum absolute atomic E-state index is 0.346. The number of nitrogens with one attached hydrogen (secondary N) is 2. The van der Waals surface area contributed by atoms with Crippen molar-refractivity contribution in [3.8, 4) is 0 Å². The number of H-pyrrole nitrogens is 1. The average Bonchev–Trinajstić information content (AvgIpc) is 2.56. The first kappa shape index (κ1) is 10.3. The highest BCUT2D eigenvalue weighted by atomic mass is 16.5. The van der Waals surface area contributed by atoms with Gasteiger partial charge in [-0.1, -0.05) is 0 Å². The molecule has 14 heavy (non-hydrogen) atoms. The molecule has 0 bridgehead atoms. The van der Waals surface area contributed by atoms with E-state index in [-0.39, 0.29) is 5.97 Å². The molecule has 0 aliphatic heterocycles. The lowest BCUT2D eigenvalue weighted by molar-refractivity contribution is -0.137. The van der Waals surface area contributed by atoms with Crippen LogP contribution < -0.4 is 5.32 Å². The summed E-state index contributed by atoms with van der Waals surface area (Å²) in [5.41, 5.74) is 1.52. The van der Waals surface area contributed by atoms with Crippen molar-refractivity contribution in [3.63, 3.8) is 0 Å². The molecule has 0 radical (unpaired) electrons. The second kappa shape index (κ2) is 5.06. The SMILES string of the molecule is CCOC(=O)/C=C(\C)Nc1cn[nH]c1. The zero-order valence-electron chi connectivity index (χ0n) is 8.20. The van der Waals surface area contributed by atoms with Crippen LogP contribution in [0.1, 0.15) is 13.8 Å². The molecule has 1 rings (SSSR count). The summed E-state index contributed by atoms with van der Waals surface area (Å²) in [4.78, 5) is 11.0. The van der Waals surface area contributed by atoms with E-state index >= 15 is 0 Å². The Morgan fingerprint density at radius 2 is 2.57 bits per heavy atom. The molecule has 1 heterocycles. The summed E-state index contributed by atoms with van der Waals surface area (Å²) in [6.07, 6.45) is 4.72. The molecule has 0 aliphatic carbocycles. The summed E-state index contributed by atoms with van der Waals surface area (Å²) >= 11 is 0. The van der Waals surface area contributed by atoms with E-state index in [4.69, 9.17) is 4.74 Å². The Bertz CT molecular complexity index is 317. The molecule has 0 aliphatic rings. The number of carbonyl (C=O) groups excluding carboxylic acids is 1. The molecule has 0 saturated carbocycles. The number of aromatic amines is 1. The Kier molecular flexibility index (Phi) is 3.72. The topological polar surface area (TPSA) is 67.0 Å². The lowest BCUT2D eigenvalue weighted by Crippen LogP contribution is -2.03. The molecular weight excluding hydrogens is 182 g/mol. The monoisotopic (exact) mass is 195 g/mol. The fourth-order valence-electron chi connectivity index (χ4n) is 0.944. The van der Waals surface area contributed by atoms with Gasteiger partial charge >= 0.3 is 5.97 Å². The molecule has 0 atom stereocenters. The number of hydrogen-bond donors (Lipinski definition) is 2. The number of allylic oxidation sites excluding steroid dienone is 1. The van der Waals surface area contributed by atoms with Gasteiger partial charge in [0, 0.05) is 18.0 Å². The summed E-state index contributed by atoms with van der Waals surface area (Å²) in [6.45, 7) is 3.93. The van der Waals surface area contributed by atoms with E-state index < -0.39 is 0 Å². The second-order valence-corrected chi connectivity index (χ2v) is 2.69. The number of carbonyl (C=O) groups is 1. The zero-order valence-corrected chi connectivity index (χ0v) is 8.20. The zero-order chi connectivity index (χ0) is 10.4. The number of aromatic nitrogens is 2. The van der Waals surface area contributed by atoms with Gasteiger partial charge in [0.2, 0.25) is 0 Å². The van der Waals surface area contributed by atoms with Gasteiger partial charge in [-0.2, -0.15) is 5.10 Å². The minimum Gasteiger partial charge on any atom is -0.463 e. The molecule has 0 spiro atoms. The number of ether oxygens (including phenoxy) is 1. The fraction of sp³-hybridized carbons (Fsp3) is 0.333. The van der Waals surface area contributed by atoms with Gasteiger partial charge < -0.3 is 10.1 Å². The van der Waals surface area contributed by atoms with Crippen LogP contribution in [0.3, 0.4) is 0 Å². The standard InChI is InChI=1S/C9H13N3O2/c1-3-14-9(13)4-7(2)12-8-5-10-11-6-8/h4-6,12H,3H2,1-2H3,(H,10,11)/b7-4+. The third-order valence-electron chi connectivity index (χ3n) is 1.46. The van der Waals surface area contributed by atoms with Crippen LogP contribution in [0.15, 0.2) is 24.2 Å². The Hall–Kier alpha value is -1.78. The Labute approximate surface area is 82.2 Å².